The molecule has 1 N–H and O–H groups in total. The van der Waals surface area contributed by atoms with E-state index in [4.69, 9.17) is 21.1 Å². The molecule has 1 aromatic carbocycles. The van der Waals surface area contributed by atoms with Gasteiger partial charge in [0.2, 0.25) is 5.28 Å². The van der Waals surface area contributed by atoms with Crippen LogP contribution in [0.3, 0.4) is 0 Å². The van der Waals surface area contributed by atoms with Crippen LogP contribution in [-0.4, -0.2) is 46.2 Å². The highest BCUT2D eigenvalue weighted by Crippen LogP contribution is 2.27. The van der Waals surface area contributed by atoms with E-state index in [1.165, 1.54) is 5.56 Å². The Kier molecular flexibility index (Phi) is 7.78. The van der Waals surface area contributed by atoms with E-state index in [0.29, 0.717) is 6.04 Å². The van der Waals surface area contributed by atoms with Crippen LogP contribution in [0.1, 0.15) is 51.8 Å². The summed E-state index contributed by atoms with van der Waals surface area (Å²) in [5.41, 5.74) is 2.09. The molecule has 30 heavy (non-hydrogen) atoms. The molecular formula is C23H33ClN4O2. The molecule has 1 aliphatic heterocycles. The summed E-state index contributed by atoms with van der Waals surface area (Å²) in [7, 11) is 0. The summed E-state index contributed by atoms with van der Waals surface area (Å²) < 4.78 is 11.9. The van der Waals surface area contributed by atoms with Gasteiger partial charge in [-0.15, -0.1) is 0 Å². The Balaban J connectivity index is 1.59. The molecule has 1 aromatic heterocycles. The number of hydrogen-bond donors (Lipinski definition) is 1. The van der Waals surface area contributed by atoms with Crippen LogP contribution in [0.4, 0.5) is 5.82 Å². The molecule has 0 atom stereocenters. The van der Waals surface area contributed by atoms with Crippen LogP contribution in [0.25, 0.3) is 0 Å². The zero-order valence-electron chi connectivity index (χ0n) is 18.6. The second kappa shape index (κ2) is 10.3. The summed E-state index contributed by atoms with van der Waals surface area (Å²) in [6.07, 6.45) is 2.37. The largest absolute Gasteiger partial charge is 0.491 e. The number of nitrogens with one attached hydrogen (secondary N) is 1. The van der Waals surface area contributed by atoms with E-state index in [1.807, 2.05) is 46.8 Å². The van der Waals surface area contributed by atoms with Gasteiger partial charge < -0.3 is 14.8 Å². The fraction of sp³-hybridized carbons (Fsp3) is 0.565. The monoisotopic (exact) mass is 432 g/mol. The molecule has 6 nitrogen and oxygen atoms in total. The molecule has 0 saturated carbocycles. The van der Waals surface area contributed by atoms with E-state index in [-0.39, 0.29) is 17.5 Å². The summed E-state index contributed by atoms with van der Waals surface area (Å²) in [4.78, 5) is 10.9. The molecule has 0 radical (unpaired) electrons. The van der Waals surface area contributed by atoms with Crippen molar-refractivity contribution in [3.63, 3.8) is 0 Å². The van der Waals surface area contributed by atoms with Crippen molar-refractivity contribution in [3.05, 3.63) is 40.8 Å². The number of piperidine rings is 1. The smallest absolute Gasteiger partial charge is 0.224 e. The van der Waals surface area contributed by atoms with Gasteiger partial charge in [0.25, 0.3) is 0 Å². The molecule has 1 aliphatic rings. The van der Waals surface area contributed by atoms with Gasteiger partial charge in [0.1, 0.15) is 17.3 Å². The van der Waals surface area contributed by atoms with Crippen LogP contribution in [0, 0.1) is 6.92 Å². The first-order valence-electron chi connectivity index (χ1n) is 10.7. The molecule has 1 saturated heterocycles. The Labute approximate surface area is 185 Å². The van der Waals surface area contributed by atoms with Crippen LogP contribution in [0.5, 0.6) is 11.5 Å². The van der Waals surface area contributed by atoms with Gasteiger partial charge in [-0.2, -0.15) is 0 Å². The van der Waals surface area contributed by atoms with Gasteiger partial charge in [0, 0.05) is 43.5 Å². The summed E-state index contributed by atoms with van der Waals surface area (Å²) in [5, 5.41) is 3.80. The van der Waals surface area contributed by atoms with E-state index in [2.05, 4.69) is 32.3 Å². The summed E-state index contributed by atoms with van der Waals surface area (Å²) in [6.45, 7) is 13.0. The zero-order valence-corrected chi connectivity index (χ0v) is 19.4. The third-order valence-electron chi connectivity index (χ3n) is 4.86. The fourth-order valence-electron chi connectivity index (χ4n) is 3.71. The number of aromatic nitrogens is 2. The van der Waals surface area contributed by atoms with Gasteiger partial charge in [-0.3, -0.25) is 4.90 Å². The predicted molar refractivity (Wildman–Crippen MR) is 122 cm³/mol. The third-order valence-corrected chi connectivity index (χ3v) is 5.03. The number of halogens is 1. The first-order valence-corrected chi connectivity index (χ1v) is 11.1. The van der Waals surface area contributed by atoms with Gasteiger partial charge in [-0.25, -0.2) is 9.97 Å². The Bertz CT molecular complexity index is 787. The summed E-state index contributed by atoms with van der Waals surface area (Å²) >= 11 is 5.98. The number of hydrogen-bond acceptors (Lipinski definition) is 6. The highest BCUT2D eigenvalue weighted by Gasteiger charge is 2.20. The van der Waals surface area contributed by atoms with Crippen molar-refractivity contribution >= 4 is 17.4 Å². The first-order chi connectivity index (χ1) is 14.3. The maximum atomic E-state index is 5.98. The van der Waals surface area contributed by atoms with Gasteiger partial charge in [-0.05, 0) is 76.8 Å². The average molecular weight is 433 g/mol. The maximum absolute atomic E-state index is 5.98. The van der Waals surface area contributed by atoms with E-state index in [9.17, 15) is 0 Å². The molecule has 0 unspecified atom stereocenters. The van der Waals surface area contributed by atoms with Crippen LogP contribution >= 0.6 is 11.6 Å². The second-order valence-electron chi connectivity index (χ2n) is 8.50. The van der Waals surface area contributed by atoms with Crippen LogP contribution in [-0.2, 0) is 6.54 Å². The van der Waals surface area contributed by atoms with E-state index >= 15 is 0 Å². The molecule has 0 amide bonds. The minimum absolute atomic E-state index is 0.132. The topological polar surface area (TPSA) is 59.5 Å². The Morgan fingerprint density at radius 3 is 2.13 bits per heavy atom. The van der Waals surface area contributed by atoms with Gasteiger partial charge >= 0.3 is 0 Å². The van der Waals surface area contributed by atoms with Crippen molar-refractivity contribution in [1.82, 2.24) is 14.9 Å². The quantitative estimate of drug-likeness (QED) is 0.586. The standard InChI is InChI=1S/C23H33ClN4O2/c1-15(2)29-20-11-18(12-21(13-20)30-16(3)4)14-28-8-6-19(7-9-28)26-22-10-17(5)25-23(24)27-22/h10-13,15-16,19H,6-9,14H2,1-5H3,(H,25,26,27). The lowest BCUT2D eigenvalue weighted by molar-refractivity contribution is 0.207. The number of ether oxygens (including phenoxy) is 2. The number of anilines is 1. The van der Waals surface area contributed by atoms with E-state index < -0.39 is 0 Å². The van der Waals surface area contributed by atoms with Gasteiger partial charge in [-0.1, -0.05) is 0 Å². The molecular weight excluding hydrogens is 400 g/mol. The lowest BCUT2D eigenvalue weighted by Crippen LogP contribution is -2.38. The molecule has 2 aromatic rings. The number of likely N-dealkylation sites (tertiary alicyclic amines) is 1. The number of rotatable bonds is 8. The molecule has 1 fully saturated rings. The minimum Gasteiger partial charge on any atom is -0.491 e. The van der Waals surface area contributed by atoms with E-state index in [0.717, 1.165) is 55.5 Å². The molecule has 0 aliphatic carbocycles. The molecule has 0 bridgehead atoms. The maximum Gasteiger partial charge on any atom is 0.224 e. The predicted octanol–water partition coefficient (Wildman–Crippen LogP) is 5.09. The molecule has 3 rings (SSSR count). The van der Waals surface area contributed by atoms with Crippen molar-refractivity contribution in [1.29, 1.82) is 0 Å². The molecule has 2 heterocycles. The van der Waals surface area contributed by atoms with Crippen molar-refractivity contribution in [2.24, 2.45) is 0 Å². The second-order valence-corrected chi connectivity index (χ2v) is 8.84. The zero-order chi connectivity index (χ0) is 21.7. The lowest BCUT2D eigenvalue weighted by Gasteiger charge is -2.32. The Hall–Kier alpha value is -2.05. The highest BCUT2D eigenvalue weighted by atomic mass is 35.5. The van der Waals surface area contributed by atoms with Crippen molar-refractivity contribution in [2.45, 2.75) is 72.3 Å². The fourth-order valence-corrected chi connectivity index (χ4v) is 3.94. The Morgan fingerprint density at radius 2 is 1.60 bits per heavy atom. The number of benzene rings is 1. The third kappa shape index (κ3) is 7.03. The Morgan fingerprint density at radius 1 is 1.00 bits per heavy atom. The summed E-state index contributed by atoms with van der Waals surface area (Å²) in [5.74, 6) is 2.54. The van der Waals surface area contributed by atoms with Crippen molar-refractivity contribution in [3.8, 4) is 11.5 Å². The number of aryl methyl sites for hydroxylation is 1. The normalized spacial score (nSPS) is 15.6. The van der Waals surface area contributed by atoms with Crippen molar-refractivity contribution < 1.29 is 9.47 Å². The van der Waals surface area contributed by atoms with Gasteiger partial charge in [0.05, 0.1) is 12.2 Å². The summed E-state index contributed by atoms with van der Waals surface area (Å²) in [6, 6.07) is 8.57. The molecule has 0 spiro atoms. The molecule has 7 heteroatoms. The van der Waals surface area contributed by atoms with E-state index in [1.54, 1.807) is 0 Å². The van der Waals surface area contributed by atoms with Gasteiger partial charge in [0.15, 0.2) is 0 Å². The average Bonchev–Trinajstić information content (AvgIpc) is 2.61. The van der Waals surface area contributed by atoms with Crippen molar-refractivity contribution in [2.75, 3.05) is 18.4 Å². The highest BCUT2D eigenvalue weighted by molar-refractivity contribution is 6.28. The lowest BCUT2D eigenvalue weighted by atomic mass is 10.0. The van der Waals surface area contributed by atoms with Crippen LogP contribution in [0.15, 0.2) is 24.3 Å². The number of nitrogens with zero attached hydrogens (tertiary/aromatic N) is 3. The first kappa shape index (κ1) is 22.6. The molecule has 164 valence electrons. The SMILES string of the molecule is Cc1cc(NC2CCN(Cc3cc(OC(C)C)cc(OC(C)C)c3)CC2)nc(Cl)n1. The minimum atomic E-state index is 0.132. The van der Waals surface area contributed by atoms with Crippen LogP contribution < -0.4 is 14.8 Å². The van der Waals surface area contributed by atoms with Crippen LogP contribution in [0.2, 0.25) is 5.28 Å².